The van der Waals surface area contributed by atoms with E-state index in [1.807, 2.05) is 24.3 Å². The van der Waals surface area contributed by atoms with Crippen LogP contribution in [0.2, 0.25) is 5.02 Å². The van der Waals surface area contributed by atoms with Gasteiger partial charge in [-0.15, -0.1) is 0 Å². The van der Waals surface area contributed by atoms with E-state index < -0.39 is 0 Å². The first-order chi connectivity index (χ1) is 8.60. The molecule has 0 spiro atoms. The quantitative estimate of drug-likeness (QED) is 0.924. The van der Waals surface area contributed by atoms with Gasteiger partial charge in [0.15, 0.2) is 5.82 Å². The first kappa shape index (κ1) is 13.3. The smallest absolute Gasteiger partial charge is 0.161 e. The van der Waals surface area contributed by atoms with E-state index >= 15 is 0 Å². The average Bonchev–Trinajstić information content (AvgIpc) is 2.32. The van der Waals surface area contributed by atoms with Gasteiger partial charge >= 0.3 is 0 Å². The molecule has 1 aromatic heterocycles. The molecule has 94 valence electrons. The number of aryl methyl sites for hydroxylation is 1. The van der Waals surface area contributed by atoms with E-state index in [-0.39, 0.29) is 0 Å². The number of aromatic nitrogens is 2. The SMILES string of the molecule is CCCc1cc(N)nc(-c2ccc(Br)c(Cl)c2)n1. The summed E-state index contributed by atoms with van der Waals surface area (Å²) >= 11 is 9.43. The molecule has 5 heteroatoms. The molecular formula is C13H13BrClN3. The van der Waals surface area contributed by atoms with E-state index in [0.29, 0.717) is 16.7 Å². The van der Waals surface area contributed by atoms with E-state index in [0.717, 1.165) is 28.6 Å². The number of nitrogens with zero attached hydrogens (tertiary/aromatic N) is 2. The van der Waals surface area contributed by atoms with Gasteiger partial charge in [-0.3, -0.25) is 0 Å². The maximum Gasteiger partial charge on any atom is 0.161 e. The van der Waals surface area contributed by atoms with Gasteiger partial charge < -0.3 is 5.73 Å². The second kappa shape index (κ2) is 5.67. The van der Waals surface area contributed by atoms with Crippen LogP contribution in [0.4, 0.5) is 5.82 Å². The van der Waals surface area contributed by atoms with E-state index in [1.54, 1.807) is 0 Å². The molecule has 0 bridgehead atoms. The van der Waals surface area contributed by atoms with Crippen molar-refractivity contribution < 1.29 is 0 Å². The van der Waals surface area contributed by atoms with Crippen LogP contribution in [0.25, 0.3) is 11.4 Å². The number of rotatable bonds is 3. The van der Waals surface area contributed by atoms with Crippen LogP contribution in [0.3, 0.4) is 0 Å². The molecule has 0 aliphatic heterocycles. The van der Waals surface area contributed by atoms with Crippen LogP contribution in [0.5, 0.6) is 0 Å². The van der Waals surface area contributed by atoms with Gasteiger partial charge in [0.05, 0.1) is 5.02 Å². The lowest BCUT2D eigenvalue weighted by Crippen LogP contribution is -2.00. The Morgan fingerprint density at radius 1 is 1.28 bits per heavy atom. The maximum atomic E-state index is 6.07. The summed E-state index contributed by atoms with van der Waals surface area (Å²) < 4.78 is 0.852. The van der Waals surface area contributed by atoms with Crippen molar-refractivity contribution in [3.63, 3.8) is 0 Å². The fourth-order valence-corrected chi connectivity index (χ4v) is 2.09. The molecule has 0 saturated carbocycles. The predicted molar refractivity (Wildman–Crippen MR) is 78.6 cm³/mol. The molecule has 0 fully saturated rings. The molecule has 1 aromatic carbocycles. The fourth-order valence-electron chi connectivity index (χ4n) is 1.67. The number of benzene rings is 1. The Kier molecular flexibility index (Phi) is 4.19. The van der Waals surface area contributed by atoms with Crippen LogP contribution in [0.15, 0.2) is 28.7 Å². The zero-order chi connectivity index (χ0) is 13.1. The lowest BCUT2D eigenvalue weighted by Gasteiger charge is -2.06. The molecule has 2 rings (SSSR count). The predicted octanol–water partition coefficient (Wildman–Crippen LogP) is 4.09. The topological polar surface area (TPSA) is 51.8 Å². The van der Waals surface area contributed by atoms with Gasteiger partial charge in [0, 0.05) is 21.8 Å². The Balaban J connectivity index is 2.46. The largest absolute Gasteiger partial charge is 0.384 e. The standard InChI is InChI=1S/C13H13BrClN3/c1-2-3-9-7-12(16)18-13(17-9)8-4-5-10(14)11(15)6-8/h4-7H,2-3H2,1H3,(H2,16,17,18). The van der Waals surface area contributed by atoms with Crippen LogP contribution in [0.1, 0.15) is 19.0 Å². The summed E-state index contributed by atoms with van der Waals surface area (Å²) in [6.07, 6.45) is 1.92. The molecule has 0 radical (unpaired) electrons. The van der Waals surface area contributed by atoms with Crippen molar-refractivity contribution >= 4 is 33.3 Å². The average molecular weight is 327 g/mol. The molecule has 3 nitrogen and oxygen atoms in total. The highest BCUT2D eigenvalue weighted by Crippen LogP contribution is 2.27. The van der Waals surface area contributed by atoms with Crippen molar-refractivity contribution in [3.8, 4) is 11.4 Å². The lowest BCUT2D eigenvalue weighted by atomic mass is 10.2. The summed E-state index contributed by atoms with van der Waals surface area (Å²) in [4.78, 5) is 8.75. The Hall–Kier alpha value is -1.13. The van der Waals surface area contributed by atoms with Gasteiger partial charge in [-0.25, -0.2) is 9.97 Å². The van der Waals surface area contributed by atoms with Crippen molar-refractivity contribution in [2.45, 2.75) is 19.8 Å². The van der Waals surface area contributed by atoms with Crippen molar-refractivity contribution in [1.29, 1.82) is 0 Å². The minimum absolute atomic E-state index is 0.488. The Morgan fingerprint density at radius 2 is 2.06 bits per heavy atom. The molecule has 0 atom stereocenters. The van der Waals surface area contributed by atoms with E-state index in [4.69, 9.17) is 17.3 Å². The normalized spacial score (nSPS) is 10.6. The molecule has 0 aliphatic rings. The summed E-state index contributed by atoms with van der Waals surface area (Å²) in [5.41, 5.74) is 7.63. The highest BCUT2D eigenvalue weighted by molar-refractivity contribution is 9.10. The van der Waals surface area contributed by atoms with Gasteiger partial charge in [-0.1, -0.05) is 24.9 Å². The molecule has 0 saturated heterocycles. The van der Waals surface area contributed by atoms with E-state index in [1.165, 1.54) is 0 Å². The highest BCUT2D eigenvalue weighted by Gasteiger charge is 2.07. The molecule has 2 aromatic rings. The molecule has 18 heavy (non-hydrogen) atoms. The highest BCUT2D eigenvalue weighted by atomic mass is 79.9. The summed E-state index contributed by atoms with van der Waals surface area (Å²) in [5.74, 6) is 1.11. The van der Waals surface area contributed by atoms with E-state index in [9.17, 15) is 0 Å². The second-order valence-electron chi connectivity index (χ2n) is 3.99. The number of hydrogen-bond acceptors (Lipinski definition) is 3. The summed E-state index contributed by atoms with van der Waals surface area (Å²) in [6.45, 7) is 2.11. The molecule has 0 unspecified atom stereocenters. The second-order valence-corrected chi connectivity index (χ2v) is 5.25. The van der Waals surface area contributed by atoms with Crippen LogP contribution in [0, 0.1) is 0 Å². The van der Waals surface area contributed by atoms with Gasteiger partial charge in [0.1, 0.15) is 5.82 Å². The minimum Gasteiger partial charge on any atom is -0.384 e. The van der Waals surface area contributed by atoms with Crippen molar-refractivity contribution in [1.82, 2.24) is 9.97 Å². The number of nitrogens with two attached hydrogens (primary N) is 1. The first-order valence-corrected chi connectivity index (χ1v) is 6.86. The Morgan fingerprint density at radius 3 is 2.72 bits per heavy atom. The number of hydrogen-bond donors (Lipinski definition) is 1. The van der Waals surface area contributed by atoms with Gasteiger partial charge in [-0.2, -0.15) is 0 Å². The van der Waals surface area contributed by atoms with Crippen LogP contribution < -0.4 is 5.73 Å². The van der Waals surface area contributed by atoms with Crippen molar-refractivity contribution in [3.05, 3.63) is 39.5 Å². The minimum atomic E-state index is 0.488. The molecular weight excluding hydrogens is 314 g/mol. The first-order valence-electron chi connectivity index (χ1n) is 5.69. The third-order valence-corrected chi connectivity index (χ3v) is 3.72. The number of anilines is 1. The van der Waals surface area contributed by atoms with Gasteiger partial charge in [0.25, 0.3) is 0 Å². The Bertz CT molecular complexity index is 572. The van der Waals surface area contributed by atoms with Crippen LogP contribution in [-0.4, -0.2) is 9.97 Å². The third-order valence-electron chi connectivity index (χ3n) is 2.48. The fraction of sp³-hybridized carbons (Fsp3) is 0.231. The number of halogens is 2. The summed E-state index contributed by atoms with van der Waals surface area (Å²) in [6, 6.07) is 7.44. The monoisotopic (exact) mass is 325 g/mol. The van der Waals surface area contributed by atoms with Crippen molar-refractivity contribution in [2.24, 2.45) is 0 Å². The Labute approximate surface area is 120 Å². The zero-order valence-electron chi connectivity index (χ0n) is 9.95. The van der Waals surface area contributed by atoms with Crippen LogP contribution in [-0.2, 0) is 6.42 Å². The summed E-state index contributed by atoms with van der Waals surface area (Å²) in [7, 11) is 0. The van der Waals surface area contributed by atoms with Crippen molar-refractivity contribution in [2.75, 3.05) is 5.73 Å². The number of nitrogen functional groups attached to an aromatic ring is 1. The molecule has 0 amide bonds. The molecule has 0 aliphatic carbocycles. The van der Waals surface area contributed by atoms with Gasteiger partial charge in [-0.05, 0) is 40.5 Å². The molecule has 1 heterocycles. The third kappa shape index (κ3) is 3.00. The van der Waals surface area contributed by atoms with Crippen LogP contribution >= 0.6 is 27.5 Å². The lowest BCUT2D eigenvalue weighted by molar-refractivity contribution is 0.877. The molecule has 2 N–H and O–H groups in total. The maximum absolute atomic E-state index is 6.07. The van der Waals surface area contributed by atoms with E-state index in [2.05, 4.69) is 32.8 Å². The zero-order valence-corrected chi connectivity index (χ0v) is 12.3. The van der Waals surface area contributed by atoms with Gasteiger partial charge in [0.2, 0.25) is 0 Å². The summed E-state index contributed by atoms with van der Waals surface area (Å²) in [5, 5.41) is 0.635.